The van der Waals surface area contributed by atoms with Gasteiger partial charge in [0, 0.05) is 32.2 Å². The normalized spacial score (nSPS) is 16.1. The van der Waals surface area contributed by atoms with E-state index in [1.54, 1.807) is 13.0 Å². The van der Waals surface area contributed by atoms with E-state index in [2.05, 4.69) is 5.32 Å². The minimum absolute atomic E-state index is 0.0887. The van der Waals surface area contributed by atoms with Gasteiger partial charge in [0.25, 0.3) is 0 Å². The van der Waals surface area contributed by atoms with Gasteiger partial charge in [-0.2, -0.15) is 0 Å². The summed E-state index contributed by atoms with van der Waals surface area (Å²) < 4.78 is 23.9. The van der Waals surface area contributed by atoms with Gasteiger partial charge < -0.3 is 19.7 Å². The molecule has 1 N–H and O–H groups in total. The lowest BCUT2D eigenvalue weighted by Gasteiger charge is -2.38. The van der Waals surface area contributed by atoms with Crippen molar-refractivity contribution in [1.29, 1.82) is 0 Å². The summed E-state index contributed by atoms with van der Waals surface area (Å²) in [6.45, 7) is 3.38. The molecule has 1 aromatic rings. The Hall–Kier alpha value is -2.15. The van der Waals surface area contributed by atoms with E-state index < -0.39 is 6.09 Å². The minimum Gasteiger partial charge on any atom is -0.450 e. The fourth-order valence-corrected chi connectivity index (χ4v) is 2.99. The zero-order valence-corrected chi connectivity index (χ0v) is 14.7. The predicted octanol–water partition coefficient (Wildman–Crippen LogP) is 2.08. The van der Waals surface area contributed by atoms with Gasteiger partial charge in [0.2, 0.25) is 5.91 Å². The van der Waals surface area contributed by atoms with Crippen LogP contribution in [0.3, 0.4) is 0 Å². The zero-order chi connectivity index (χ0) is 18.3. The second-order valence-electron chi connectivity index (χ2n) is 6.23. The molecule has 6 nitrogen and oxygen atoms in total. The molecule has 1 heterocycles. The summed E-state index contributed by atoms with van der Waals surface area (Å²) in [6.07, 6.45) is 0.859. The molecule has 1 aliphatic rings. The third-order valence-corrected chi connectivity index (χ3v) is 4.47. The average Bonchev–Trinajstić information content (AvgIpc) is 2.61. The molecule has 0 bridgehead atoms. The van der Waals surface area contributed by atoms with Gasteiger partial charge in [-0.05, 0) is 37.5 Å². The van der Waals surface area contributed by atoms with E-state index in [1.165, 1.54) is 24.1 Å². The van der Waals surface area contributed by atoms with Crippen molar-refractivity contribution in [2.45, 2.75) is 25.2 Å². The molecule has 0 saturated carbocycles. The summed E-state index contributed by atoms with van der Waals surface area (Å²) in [5, 5.41) is 2.87. The van der Waals surface area contributed by atoms with Crippen LogP contribution in [0.25, 0.3) is 0 Å². The molecule has 2 amide bonds. The van der Waals surface area contributed by atoms with Gasteiger partial charge in [-0.15, -0.1) is 0 Å². The first-order valence-electron chi connectivity index (χ1n) is 8.45. The molecule has 0 aliphatic carbocycles. The Labute approximate surface area is 147 Å². The highest BCUT2D eigenvalue weighted by Crippen LogP contribution is 2.34. The van der Waals surface area contributed by atoms with Crippen molar-refractivity contribution in [3.63, 3.8) is 0 Å². The molecule has 1 fully saturated rings. The van der Waals surface area contributed by atoms with Crippen LogP contribution >= 0.6 is 0 Å². The number of rotatable bonds is 6. The van der Waals surface area contributed by atoms with Crippen molar-refractivity contribution in [1.82, 2.24) is 10.2 Å². The van der Waals surface area contributed by atoms with Crippen LogP contribution in [0.4, 0.5) is 9.18 Å². The molecule has 7 heteroatoms. The van der Waals surface area contributed by atoms with E-state index in [0.717, 1.165) is 5.56 Å². The van der Waals surface area contributed by atoms with Crippen molar-refractivity contribution < 1.29 is 23.5 Å². The second kappa shape index (κ2) is 8.80. The summed E-state index contributed by atoms with van der Waals surface area (Å²) in [5.41, 5.74) is 0.494. The molecule has 1 aromatic carbocycles. The number of benzene rings is 1. The number of hydrogen-bond acceptors (Lipinski definition) is 4. The summed E-state index contributed by atoms with van der Waals surface area (Å²) in [5.74, 6) is -0.574. The van der Waals surface area contributed by atoms with Crippen LogP contribution in [0.15, 0.2) is 24.3 Å². The van der Waals surface area contributed by atoms with Crippen LogP contribution in [0.1, 0.15) is 25.3 Å². The lowest BCUT2D eigenvalue weighted by Crippen LogP contribution is -2.47. The molecule has 1 aliphatic heterocycles. The van der Waals surface area contributed by atoms with Crippen molar-refractivity contribution in [3.8, 4) is 0 Å². The van der Waals surface area contributed by atoms with E-state index in [9.17, 15) is 14.0 Å². The Balaban J connectivity index is 2.01. The molecule has 2 rings (SSSR count). The number of nitrogens with one attached hydrogen (secondary N) is 1. The summed E-state index contributed by atoms with van der Waals surface area (Å²) in [4.78, 5) is 25.0. The molecule has 0 atom stereocenters. The summed E-state index contributed by atoms with van der Waals surface area (Å²) >= 11 is 0. The molecule has 1 saturated heterocycles. The van der Waals surface area contributed by atoms with E-state index >= 15 is 0 Å². The van der Waals surface area contributed by atoms with Crippen molar-refractivity contribution in [2.24, 2.45) is 0 Å². The minimum atomic E-state index is -0.538. The van der Waals surface area contributed by atoms with Gasteiger partial charge >= 0.3 is 6.09 Å². The topological polar surface area (TPSA) is 67.9 Å². The Morgan fingerprint density at radius 2 is 2.08 bits per heavy atom. The monoisotopic (exact) mass is 352 g/mol. The maximum atomic E-state index is 13.6. The quantitative estimate of drug-likeness (QED) is 0.851. The predicted molar refractivity (Wildman–Crippen MR) is 90.8 cm³/mol. The fourth-order valence-electron chi connectivity index (χ4n) is 2.99. The first-order chi connectivity index (χ1) is 12.0. The number of hydrogen-bond donors (Lipinski definition) is 1. The van der Waals surface area contributed by atoms with Crippen LogP contribution in [-0.4, -0.2) is 56.9 Å². The SMILES string of the molecule is CCOC(=O)N(C)CC(=O)NCC1(c2cccc(F)c2)CCOCC1. The summed E-state index contributed by atoms with van der Waals surface area (Å²) in [6, 6.07) is 6.48. The highest BCUT2D eigenvalue weighted by molar-refractivity contribution is 5.82. The maximum Gasteiger partial charge on any atom is 0.409 e. The number of likely N-dealkylation sites (N-methyl/N-ethyl adjacent to an activating group) is 1. The molecule has 0 unspecified atom stereocenters. The Bertz CT molecular complexity index is 602. The zero-order valence-electron chi connectivity index (χ0n) is 14.7. The molecule has 0 aromatic heterocycles. The van der Waals surface area contributed by atoms with Gasteiger partial charge in [0.1, 0.15) is 12.4 Å². The maximum absolute atomic E-state index is 13.6. The smallest absolute Gasteiger partial charge is 0.409 e. The van der Waals surface area contributed by atoms with Gasteiger partial charge in [-0.25, -0.2) is 9.18 Å². The van der Waals surface area contributed by atoms with Gasteiger partial charge in [0.15, 0.2) is 0 Å². The van der Waals surface area contributed by atoms with Gasteiger partial charge in [0.05, 0.1) is 6.61 Å². The van der Waals surface area contributed by atoms with E-state index in [4.69, 9.17) is 9.47 Å². The lowest BCUT2D eigenvalue weighted by molar-refractivity contribution is -0.122. The van der Waals surface area contributed by atoms with Crippen molar-refractivity contribution >= 4 is 12.0 Å². The van der Waals surface area contributed by atoms with Crippen molar-refractivity contribution in [3.05, 3.63) is 35.6 Å². The molecule has 0 spiro atoms. The van der Waals surface area contributed by atoms with Crippen LogP contribution in [-0.2, 0) is 19.7 Å². The van der Waals surface area contributed by atoms with Gasteiger partial charge in [-0.3, -0.25) is 4.79 Å². The third-order valence-electron chi connectivity index (χ3n) is 4.47. The number of carbonyl (C=O) groups excluding carboxylic acids is 2. The largest absolute Gasteiger partial charge is 0.450 e. The van der Waals surface area contributed by atoms with Crippen LogP contribution in [0.5, 0.6) is 0 Å². The van der Waals surface area contributed by atoms with E-state index in [-0.39, 0.29) is 30.3 Å². The number of carbonyl (C=O) groups is 2. The lowest BCUT2D eigenvalue weighted by atomic mass is 9.74. The number of ether oxygens (including phenoxy) is 2. The van der Waals surface area contributed by atoms with E-state index in [1.807, 2.05) is 6.07 Å². The molecule has 0 radical (unpaired) electrons. The fraction of sp³-hybridized carbons (Fsp3) is 0.556. The van der Waals surface area contributed by atoms with Crippen LogP contribution in [0, 0.1) is 5.82 Å². The van der Waals surface area contributed by atoms with Crippen LogP contribution in [0.2, 0.25) is 0 Å². The number of halogens is 1. The van der Waals surface area contributed by atoms with E-state index in [0.29, 0.717) is 32.6 Å². The molecular weight excluding hydrogens is 327 g/mol. The first kappa shape index (κ1) is 19.2. The first-order valence-corrected chi connectivity index (χ1v) is 8.45. The molecular formula is C18H25FN2O4. The highest BCUT2D eigenvalue weighted by atomic mass is 19.1. The Morgan fingerprint density at radius 1 is 1.36 bits per heavy atom. The highest BCUT2D eigenvalue weighted by Gasteiger charge is 2.35. The van der Waals surface area contributed by atoms with Gasteiger partial charge in [-0.1, -0.05) is 12.1 Å². The average molecular weight is 352 g/mol. The molecule has 25 heavy (non-hydrogen) atoms. The Kier molecular flexibility index (Phi) is 6.75. The van der Waals surface area contributed by atoms with Crippen LogP contribution < -0.4 is 5.32 Å². The number of amides is 2. The molecule has 138 valence electrons. The standard InChI is InChI=1S/C18H25FN2O4/c1-3-25-17(23)21(2)12-16(22)20-13-18(7-9-24-10-8-18)14-5-4-6-15(19)11-14/h4-6,11H,3,7-10,12-13H2,1-2H3,(H,20,22). The summed E-state index contributed by atoms with van der Waals surface area (Å²) in [7, 11) is 1.51. The third kappa shape index (κ3) is 5.16. The Morgan fingerprint density at radius 3 is 2.72 bits per heavy atom. The number of nitrogens with zero attached hydrogens (tertiary/aromatic N) is 1. The van der Waals surface area contributed by atoms with Crippen molar-refractivity contribution in [2.75, 3.05) is 40.0 Å². The second-order valence-corrected chi connectivity index (χ2v) is 6.23.